The first-order valence-electron chi connectivity index (χ1n) is 14.1. The second-order valence-electron chi connectivity index (χ2n) is 10.4. The Morgan fingerprint density at radius 1 is 1.13 bits per heavy atom. The van der Waals surface area contributed by atoms with Crippen molar-refractivity contribution in [3.05, 3.63) is 58.7 Å². The molecule has 0 saturated carbocycles. The number of oxime groups is 1. The third kappa shape index (κ3) is 9.43. The highest BCUT2D eigenvalue weighted by molar-refractivity contribution is 6.00. The van der Waals surface area contributed by atoms with Crippen molar-refractivity contribution in [1.82, 2.24) is 4.90 Å². The van der Waals surface area contributed by atoms with Gasteiger partial charge in [-0.05, 0) is 70.1 Å². The Morgan fingerprint density at radius 2 is 1.92 bits per heavy atom. The molecule has 1 saturated heterocycles. The van der Waals surface area contributed by atoms with Gasteiger partial charge in [0, 0.05) is 32.5 Å². The Morgan fingerprint density at radius 3 is 2.68 bits per heavy atom. The average Bonchev–Trinajstić information content (AvgIpc) is 2.88. The summed E-state index contributed by atoms with van der Waals surface area (Å²) in [5, 5.41) is 4.36. The number of nitrogens with zero attached hydrogens (tertiary/aromatic N) is 2. The number of likely N-dealkylation sites (tertiary alicyclic amines) is 1. The van der Waals surface area contributed by atoms with Gasteiger partial charge in [0.25, 0.3) is 5.91 Å². The van der Waals surface area contributed by atoms with Gasteiger partial charge in [-0.15, -0.1) is 0 Å². The maximum atomic E-state index is 13.2. The van der Waals surface area contributed by atoms with Gasteiger partial charge in [-0.25, -0.2) is 4.79 Å². The summed E-state index contributed by atoms with van der Waals surface area (Å²) in [5.41, 5.74) is 3.96. The number of amides is 1. The van der Waals surface area contributed by atoms with Crippen LogP contribution in [0.25, 0.3) is 0 Å². The lowest BCUT2D eigenvalue weighted by atomic mass is 9.95. The molecule has 1 aromatic carbocycles. The summed E-state index contributed by atoms with van der Waals surface area (Å²) in [6.07, 6.45) is 14.7. The van der Waals surface area contributed by atoms with Crippen LogP contribution in [-0.2, 0) is 25.5 Å². The molecule has 0 bridgehead atoms. The summed E-state index contributed by atoms with van der Waals surface area (Å²) in [6.45, 7) is 10.1. The third-order valence-corrected chi connectivity index (χ3v) is 6.85. The largest absolute Gasteiger partial charge is 0.459 e. The number of unbranched alkanes of at least 4 members (excludes halogenated alkanes) is 1. The number of ether oxygens (including phenoxy) is 2. The molecule has 2 atom stereocenters. The van der Waals surface area contributed by atoms with Crippen LogP contribution in [0.1, 0.15) is 85.8 Å². The van der Waals surface area contributed by atoms with Crippen LogP contribution in [0.2, 0.25) is 0 Å². The summed E-state index contributed by atoms with van der Waals surface area (Å²) in [4.78, 5) is 33.2. The average molecular weight is 525 g/mol. The lowest BCUT2D eigenvalue weighted by Crippen LogP contribution is -2.37. The molecule has 0 aliphatic carbocycles. The zero-order valence-electron chi connectivity index (χ0n) is 23.5. The quantitative estimate of drug-likeness (QED) is 0.193. The molecule has 1 fully saturated rings. The van der Waals surface area contributed by atoms with Crippen molar-refractivity contribution >= 4 is 17.6 Å². The van der Waals surface area contributed by atoms with Gasteiger partial charge >= 0.3 is 5.97 Å². The number of carbonyl (C=O) groups excluding carboxylic acids is 2. The molecule has 208 valence electrons. The summed E-state index contributed by atoms with van der Waals surface area (Å²) in [5.74, 6) is -0.381. The topological polar surface area (TPSA) is 77.4 Å². The van der Waals surface area contributed by atoms with Crippen LogP contribution < -0.4 is 0 Å². The van der Waals surface area contributed by atoms with E-state index in [0.29, 0.717) is 37.1 Å². The molecule has 2 heterocycles. The van der Waals surface area contributed by atoms with Crippen molar-refractivity contribution in [2.24, 2.45) is 5.16 Å². The van der Waals surface area contributed by atoms with Gasteiger partial charge in [0.15, 0.2) is 6.61 Å². The Kier molecular flexibility index (Phi) is 12.1. The molecule has 3 rings (SSSR count). The second kappa shape index (κ2) is 15.5. The highest BCUT2D eigenvalue weighted by Crippen LogP contribution is 2.22. The van der Waals surface area contributed by atoms with Crippen LogP contribution >= 0.6 is 0 Å². The number of cyclic esters (lactones) is 1. The van der Waals surface area contributed by atoms with Crippen molar-refractivity contribution in [2.45, 2.75) is 91.3 Å². The zero-order chi connectivity index (χ0) is 27.3. The normalized spacial score (nSPS) is 22.9. The van der Waals surface area contributed by atoms with Crippen LogP contribution in [0.4, 0.5) is 0 Å². The number of benzene rings is 1. The predicted octanol–water partition coefficient (Wildman–Crippen LogP) is 5.87. The Labute approximate surface area is 227 Å². The molecular weight excluding hydrogens is 480 g/mol. The van der Waals surface area contributed by atoms with Gasteiger partial charge in [0.05, 0.1) is 17.4 Å². The third-order valence-electron chi connectivity index (χ3n) is 6.85. The number of aryl methyl sites for hydroxylation is 2. The number of esters is 1. The lowest BCUT2D eigenvalue weighted by Gasteiger charge is -2.26. The van der Waals surface area contributed by atoms with Gasteiger partial charge in [-0.1, -0.05) is 54.4 Å². The van der Waals surface area contributed by atoms with E-state index in [4.69, 9.17) is 14.3 Å². The van der Waals surface area contributed by atoms with Crippen molar-refractivity contribution in [3.63, 3.8) is 0 Å². The van der Waals surface area contributed by atoms with Gasteiger partial charge in [0.2, 0.25) is 0 Å². The van der Waals surface area contributed by atoms with Gasteiger partial charge in [-0.2, -0.15) is 0 Å². The molecule has 1 amide bonds. The minimum absolute atomic E-state index is 0.0434. The number of hydrogen-bond donors (Lipinski definition) is 0. The molecule has 0 spiro atoms. The van der Waals surface area contributed by atoms with Crippen LogP contribution in [0.3, 0.4) is 0 Å². The fourth-order valence-corrected chi connectivity index (χ4v) is 4.84. The number of hydrogen-bond acceptors (Lipinski definition) is 6. The molecule has 1 aromatic rings. The molecule has 0 N–H and O–H groups in total. The first-order chi connectivity index (χ1) is 18.4. The summed E-state index contributed by atoms with van der Waals surface area (Å²) < 4.78 is 11.9. The van der Waals surface area contributed by atoms with Crippen LogP contribution in [0, 0.1) is 13.8 Å². The van der Waals surface area contributed by atoms with E-state index in [0.717, 1.165) is 61.9 Å². The molecule has 0 aromatic heterocycles. The Balaban J connectivity index is 1.86. The van der Waals surface area contributed by atoms with E-state index in [1.165, 1.54) is 0 Å². The standard InChI is InChI=1S/C31H44N2O5/c1-5-6-18-36-28-14-10-12-25(4)38-31(35)30-24(3)19-23(2)20-26(30)21-27(13-11-15-28)32-37-22-29(34)33-16-8-7-9-17-33/h10-11,13-14,19-20,25,28H,5-9,12,15-18,21-22H2,1-4H3/b13-11+,14-10?,32-27-/t25-,28-/m1/s1. The number of piperidine rings is 1. The number of rotatable bonds is 7. The zero-order valence-corrected chi connectivity index (χ0v) is 23.5. The highest BCUT2D eigenvalue weighted by atomic mass is 16.6. The van der Waals surface area contributed by atoms with Crippen molar-refractivity contribution in [2.75, 3.05) is 26.3 Å². The first kappa shape index (κ1) is 29.6. The second-order valence-corrected chi connectivity index (χ2v) is 10.4. The molecule has 2 aliphatic rings. The van der Waals surface area contributed by atoms with E-state index in [-0.39, 0.29) is 30.7 Å². The molecular formula is C31H44N2O5. The molecule has 2 aliphatic heterocycles. The number of carbonyl (C=O) groups is 2. The fourth-order valence-electron chi connectivity index (χ4n) is 4.84. The SMILES string of the molecule is CCCCO[C@@H]1C=CC[C@@H](C)OC(=O)c2c(C)cc(C)cc2CC(=N\OCC(=O)N2CCCCC2)/C=C/C1. The molecule has 0 unspecified atom stereocenters. The smallest absolute Gasteiger partial charge is 0.338 e. The lowest BCUT2D eigenvalue weighted by molar-refractivity contribution is -0.137. The number of allylic oxidation sites excluding steroid dienone is 1. The minimum Gasteiger partial charge on any atom is -0.459 e. The van der Waals surface area contributed by atoms with Crippen LogP contribution in [0.15, 0.2) is 41.6 Å². The van der Waals surface area contributed by atoms with E-state index < -0.39 is 0 Å². The highest BCUT2D eigenvalue weighted by Gasteiger charge is 2.21. The summed E-state index contributed by atoms with van der Waals surface area (Å²) in [6, 6.07) is 3.99. The molecule has 38 heavy (non-hydrogen) atoms. The van der Waals surface area contributed by atoms with Gasteiger partial charge in [0.1, 0.15) is 6.10 Å². The maximum Gasteiger partial charge on any atom is 0.338 e. The molecule has 0 radical (unpaired) electrons. The van der Waals surface area contributed by atoms with E-state index in [1.807, 2.05) is 62.1 Å². The maximum absolute atomic E-state index is 13.2. The monoisotopic (exact) mass is 524 g/mol. The van der Waals surface area contributed by atoms with Crippen molar-refractivity contribution in [3.8, 4) is 0 Å². The first-order valence-corrected chi connectivity index (χ1v) is 14.1. The summed E-state index contributed by atoms with van der Waals surface area (Å²) >= 11 is 0. The molecule has 7 heteroatoms. The van der Waals surface area contributed by atoms with Crippen molar-refractivity contribution < 1.29 is 23.9 Å². The Hall–Kier alpha value is -2.93. The van der Waals surface area contributed by atoms with E-state index in [9.17, 15) is 9.59 Å². The van der Waals surface area contributed by atoms with E-state index in [2.05, 4.69) is 12.1 Å². The predicted molar refractivity (Wildman–Crippen MR) is 150 cm³/mol. The van der Waals surface area contributed by atoms with E-state index in [1.54, 1.807) is 0 Å². The summed E-state index contributed by atoms with van der Waals surface area (Å²) in [7, 11) is 0. The van der Waals surface area contributed by atoms with Crippen molar-refractivity contribution in [1.29, 1.82) is 0 Å². The number of fused-ring (bicyclic) bond motifs is 1. The van der Waals surface area contributed by atoms with Gasteiger partial charge in [-0.3, -0.25) is 4.79 Å². The van der Waals surface area contributed by atoms with Crippen LogP contribution in [0.5, 0.6) is 0 Å². The van der Waals surface area contributed by atoms with E-state index >= 15 is 0 Å². The fraction of sp³-hybridized carbons (Fsp3) is 0.581. The molecule has 7 nitrogen and oxygen atoms in total. The minimum atomic E-state index is -0.337. The Bertz CT molecular complexity index is 1020. The van der Waals surface area contributed by atoms with Crippen LogP contribution in [-0.4, -0.2) is 61.0 Å². The van der Waals surface area contributed by atoms with Gasteiger partial charge < -0.3 is 19.2 Å².